The van der Waals surface area contributed by atoms with E-state index < -0.39 is 41.9 Å². The Morgan fingerprint density at radius 1 is 1.06 bits per heavy atom. The minimum absolute atomic E-state index is 0.0634. The van der Waals surface area contributed by atoms with E-state index >= 15 is 0 Å². The number of amides is 2. The van der Waals surface area contributed by atoms with E-state index in [-0.39, 0.29) is 25.2 Å². The summed E-state index contributed by atoms with van der Waals surface area (Å²) < 4.78 is 0. The zero-order valence-corrected chi connectivity index (χ0v) is 18.1. The summed E-state index contributed by atoms with van der Waals surface area (Å²) in [6.07, 6.45) is 1.95. The summed E-state index contributed by atoms with van der Waals surface area (Å²) in [5.74, 6) is -3.85. The fraction of sp³-hybridized carbons (Fsp3) is 0.455. The van der Waals surface area contributed by atoms with Gasteiger partial charge < -0.3 is 31.6 Å². The Hall–Kier alpha value is -3.40. The second-order valence-corrected chi connectivity index (χ2v) is 7.87. The van der Waals surface area contributed by atoms with E-state index in [2.05, 4.69) is 15.6 Å². The molecule has 1 heterocycles. The largest absolute Gasteiger partial charge is 0.480 e. The van der Waals surface area contributed by atoms with E-state index in [9.17, 15) is 29.4 Å². The predicted octanol–water partition coefficient (Wildman–Crippen LogP) is 1.00. The highest BCUT2D eigenvalue weighted by molar-refractivity contribution is 5.88. The Balaban J connectivity index is 1.96. The van der Waals surface area contributed by atoms with Crippen LogP contribution in [0.2, 0.25) is 0 Å². The molecule has 2 aromatic rings. The zero-order valence-electron chi connectivity index (χ0n) is 18.1. The number of carboxylic acid groups (broad SMARTS) is 2. The lowest BCUT2D eigenvalue weighted by Crippen LogP contribution is -2.51. The van der Waals surface area contributed by atoms with Crippen LogP contribution in [-0.2, 0) is 25.6 Å². The average molecular weight is 447 g/mol. The fourth-order valence-electron chi connectivity index (χ4n) is 3.30. The lowest BCUT2D eigenvalue weighted by atomic mass is 9.99. The third-order valence-corrected chi connectivity index (χ3v) is 5.57. The van der Waals surface area contributed by atoms with E-state index in [1.807, 2.05) is 31.2 Å². The Labute approximate surface area is 185 Å². The highest BCUT2D eigenvalue weighted by atomic mass is 16.4. The topological polar surface area (TPSA) is 175 Å². The molecule has 0 aliphatic heterocycles. The van der Waals surface area contributed by atoms with Crippen molar-refractivity contribution in [1.82, 2.24) is 15.6 Å². The van der Waals surface area contributed by atoms with Crippen LogP contribution in [0.25, 0.3) is 10.9 Å². The first kappa shape index (κ1) is 24.9. The molecule has 7 N–H and O–H groups in total. The SMILES string of the molecule is CC[C@H](C)[C@H](N)C(=O)N[C@@H](CCC(=O)N[C@@H](Cc1c[nH]c2ccccc12)C(=O)O)C(=O)O. The number of nitrogens with two attached hydrogens (primary N) is 1. The van der Waals surface area contributed by atoms with Crippen LogP contribution in [0.3, 0.4) is 0 Å². The summed E-state index contributed by atoms with van der Waals surface area (Å²) in [6.45, 7) is 3.65. The molecule has 32 heavy (non-hydrogen) atoms. The van der Waals surface area contributed by atoms with Crippen molar-refractivity contribution in [2.75, 3.05) is 0 Å². The lowest BCUT2D eigenvalue weighted by molar-refractivity contribution is -0.143. The van der Waals surface area contributed by atoms with Gasteiger partial charge in [-0.2, -0.15) is 0 Å². The first-order chi connectivity index (χ1) is 15.1. The standard InChI is InChI=1S/C22H30N4O6/c1-3-12(2)19(23)20(28)26-16(21(29)30)8-9-18(27)25-17(22(31)32)10-13-11-24-15-7-5-4-6-14(13)15/h4-7,11-12,16-17,19,24H,3,8-10,23H2,1-2H3,(H,25,27)(H,26,28)(H,29,30)(H,31,32)/t12-,16-,17-,19-/m0/s1. The average Bonchev–Trinajstić information content (AvgIpc) is 3.17. The summed E-state index contributed by atoms with van der Waals surface area (Å²) in [5, 5.41) is 24.5. The monoisotopic (exact) mass is 446 g/mol. The minimum atomic E-state index is -1.31. The van der Waals surface area contributed by atoms with E-state index in [0.717, 1.165) is 16.5 Å². The maximum Gasteiger partial charge on any atom is 0.326 e. The quantitative estimate of drug-likeness (QED) is 0.282. The van der Waals surface area contributed by atoms with Crippen molar-refractivity contribution < 1.29 is 29.4 Å². The normalized spacial score (nSPS) is 14.8. The second kappa shape index (κ2) is 11.3. The third-order valence-electron chi connectivity index (χ3n) is 5.57. The van der Waals surface area contributed by atoms with Crippen molar-refractivity contribution in [2.24, 2.45) is 11.7 Å². The number of benzene rings is 1. The second-order valence-electron chi connectivity index (χ2n) is 7.87. The molecular weight excluding hydrogens is 416 g/mol. The summed E-state index contributed by atoms with van der Waals surface area (Å²) in [6, 6.07) is 4.06. The van der Waals surface area contributed by atoms with Gasteiger partial charge in [0.1, 0.15) is 12.1 Å². The van der Waals surface area contributed by atoms with Crippen molar-refractivity contribution in [3.63, 3.8) is 0 Å². The summed E-state index contributed by atoms with van der Waals surface area (Å²) in [7, 11) is 0. The Morgan fingerprint density at radius 3 is 2.34 bits per heavy atom. The first-order valence-corrected chi connectivity index (χ1v) is 10.5. The molecule has 0 fully saturated rings. The van der Waals surface area contributed by atoms with Gasteiger partial charge in [-0.05, 0) is 24.0 Å². The molecule has 4 atom stereocenters. The van der Waals surface area contributed by atoms with Crippen LogP contribution in [0.5, 0.6) is 0 Å². The van der Waals surface area contributed by atoms with Crippen molar-refractivity contribution in [3.05, 3.63) is 36.0 Å². The van der Waals surface area contributed by atoms with Crippen LogP contribution >= 0.6 is 0 Å². The molecule has 10 nitrogen and oxygen atoms in total. The molecule has 0 aliphatic rings. The number of carboxylic acids is 2. The molecule has 0 spiro atoms. The smallest absolute Gasteiger partial charge is 0.326 e. The van der Waals surface area contributed by atoms with E-state index in [1.165, 1.54) is 0 Å². The van der Waals surface area contributed by atoms with E-state index in [1.54, 1.807) is 13.1 Å². The fourth-order valence-corrected chi connectivity index (χ4v) is 3.30. The molecule has 0 aliphatic carbocycles. The molecule has 0 bridgehead atoms. The molecule has 1 aromatic carbocycles. The third kappa shape index (κ3) is 6.55. The van der Waals surface area contributed by atoms with Crippen LogP contribution in [0, 0.1) is 5.92 Å². The molecule has 10 heteroatoms. The summed E-state index contributed by atoms with van der Waals surface area (Å²) in [4.78, 5) is 50.7. The van der Waals surface area contributed by atoms with Gasteiger partial charge in [0.05, 0.1) is 6.04 Å². The van der Waals surface area contributed by atoms with Crippen molar-refractivity contribution >= 4 is 34.7 Å². The number of carbonyl (C=O) groups is 4. The van der Waals surface area contributed by atoms with Gasteiger partial charge in [0.25, 0.3) is 0 Å². The maximum absolute atomic E-state index is 12.3. The van der Waals surface area contributed by atoms with Crippen LogP contribution in [0.4, 0.5) is 0 Å². The molecular formula is C22H30N4O6. The highest BCUT2D eigenvalue weighted by Gasteiger charge is 2.27. The number of aliphatic carboxylic acids is 2. The Morgan fingerprint density at radius 2 is 1.72 bits per heavy atom. The number of aromatic amines is 1. The Bertz CT molecular complexity index is 972. The number of aromatic nitrogens is 1. The molecule has 2 rings (SSSR count). The lowest BCUT2D eigenvalue weighted by Gasteiger charge is -2.21. The van der Waals surface area contributed by atoms with Gasteiger partial charge in [-0.25, -0.2) is 9.59 Å². The van der Waals surface area contributed by atoms with Gasteiger partial charge in [0.2, 0.25) is 11.8 Å². The maximum atomic E-state index is 12.3. The van der Waals surface area contributed by atoms with Crippen LogP contribution in [0.15, 0.2) is 30.5 Å². The van der Waals surface area contributed by atoms with Crippen LogP contribution in [-0.4, -0.2) is 57.1 Å². The molecule has 0 radical (unpaired) electrons. The van der Waals surface area contributed by atoms with Crippen LogP contribution in [0.1, 0.15) is 38.7 Å². The number of hydrogen-bond donors (Lipinski definition) is 6. The number of H-pyrrole nitrogens is 1. The molecule has 0 saturated heterocycles. The minimum Gasteiger partial charge on any atom is -0.480 e. The highest BCUT2D eigenvalue weighted by Crippen LogP contribution is 2.19. The molecule has 0 unspecified atom stereocenters. The molecule has 1 aromatic heterocycles. The summed E-state index contributed by atoms with van der Waals surface area (Å²) in [5.41, 5.74) is 7.42. The molecule has 0 saturated carbocycles. The number of carbonyl (C=O) groups excluding carboxylic acids is 2. The zero-order chi connectivity index (χ0) is 23.8. The van der Waals surface area contributed by atoms with Crippen molar-refractivity contribution in [2.45, 2.75) is 57.7 Å². The van der Waals surface area contributed by atoms with Gasteiger partial charge in [-0.3, -0.25) is 9.59 Å². The number of fused-ring (bicyclic) bond motifs is 1. The van der Waals surface area contributed by atoms with Crippen molar-refractivity contribution in [3.8, 4) is 0 Å². The first-order valence-electron chi connectivity index (χ1n) is 10.5. The molecule has 2 amide bonds. The van der Waals surface area contributed by atoms with Gasteiger partial charge in [-0.1, -0.05) is 38.5 Å². The van der Waals surface area contributed by atoms with E-state index in [4.69, 9.17) is 5.73 Å². The van der Waals surface area contributed by atoms with E-state index in [0.29, 0.717) is 6.42 Å². The predicted molar refractivity (Wildman–Crippen MR) is 118 cm³/mol. The number of hydrogen-bond acceptors (Lipinski definition) is 5. The van der Waals surface area contributed by atoms with Crippen molar-refractivity contribution in [1.29, 1.82) is 0 Å². The van der Waals surface area contributed by atoms with Gasteiger partial charge >= 0.3 is 11.9 Å². The summed E-state index contributed by atoms with van der Waals surface area (Å²) >= 11 is 0. The number of rotatable bonds is 12. The Kier molecular flexibility index (Phi) is 8.77. The van der Waals surface area contributed by atoms with Crippen LogP contribution < -0.4 is 16.4 Å². The molecule has 174 valence electrons. The van der Waals surface area contributed by atoms with Gasteiger partial charge in [-0.15, -0.1) is 0 Å². The van der Waals surface area contributed by atoms with Gasteiger partial charge in [0.15, 0.2) is 0 Å². The van der Waals surface area contributed by atoms with Gasteiger partial charge in [0, 0.05) is 29.9 Å². The number of nitrogens with one attached hydrogen (secondary N) is 3. The number of para-hydroxylation sites is 1.